The van der Waals surface area contributed by atoms with E-state index in [1.165, 1.54) is 6.42 Å². The molecule has 0 radical (unpaired) electrons. The van der Waals surface area contributed by atoms with Crippen molar-refractivity contribution in [2.45, 2.75) is 47.0 Å². The first-order valence-electron chi connectivity index (χ1n) is 6.72. The Morgan fingerprint density at radius 3 is 2.65 bits per heavy atom. The quantitative estimate of drug-likeness (QED) is 0.792. The number of aliphatic hydroxyl groups excluding tert-OH is 1. The lowest BCUT2D eigenvalue weighted by Crippen LogP contribution is -2.40. The molecule has 3 heteroatoms. The third kappa shape index (κ3) is 4.66. The van der Waals surface area contributed by atoms with E-state index in [1.807, 2.05) is 6.92 Å². The predicted molar refractivity (Wildman–Crippen MR) is 69.5 cm³/mol. The Morgan fingerprint density at radius 1 is 1.47 bits per heavy atom. The van der Waals surface area contributed by atoms with Gasteiger partial charge in [0.1, 0.15) is 0 Å². The van der Waals surface area contributed by atoms with E-state index in [4.69, 9.17) is 5.11 Å². The first kappa shape index (κ1) is 14.5. The normalized spacial score (nSPS) is 29.7. The molecule has 1 aliphatic carbocycles. The van der Waals surface area contributed by atoms with Gasteiger partial charge in [0.25, 0.3) is 0 Å². The molecule has 100 valence electrons. The van der Waals surface area contributed by atoms with Crippen LogP contribution in [0.2, 0.25) is 0 Å². The molecule has 0 saturated heterocycles. The third-order valence-corrected chi connectivity index (χ3v) is 3.69. The zero-order chi connectivity index (χ0) is 13.1. The maximum Gasteiger partial charge on any atom is 0.223 e. The highest BCUT2D eigenvalue weighted by Crippen LogP contribution is 2.41. The van der Waals surface area contributed by atoms with E-state index in [2.05, 4.69) is 26.1 Å². The number of carbonyl (C=O) groups is 1. The number of aliphatic hydroxyl groups is 1. The Morgan fingerprint density at radius 2 is 2.12 bits per heavy atom. The van der Waals surface area contributed by atoms with E-state index in [0.717, 1.165) is 12.8 Å². The van der Waals surface area contributed by atoms with E-state index in [0.29, 0.717) is 12.5 Å². The average molecular weight is 241 g/mol. The van der Waals surface area contributed by atoms with Gasteiger partial charge in [-0.25, -0.2) is 0 Å². The summed E-state index contributed by atoms with van der Waals surface area (Å²) in [5, 5.41) is 11.9. The van der Waals surface area contributed by atoms with Crippen LogP contribution in [0.3, 0.4) is 0 Å². The smallest absolute Gasteiger partial charge is 0.223 e. The van der Waals surface area contributed by atoms with Crippen LogP contribution < -0.4 is 5.32 Å². The van der Waals surface area contributed by atoms with Gasteiger partial charge in [0.15, 0.2) is 0 Å². The minimum Gasteiger partial charge on any atom is -0.396 e. The molecular formula is C14H27NO2. The fraction of sp³-hybridized carbons (Fsp3) is 0.929. The molecule has 3 atom stereocenters. The number of nitrogens with one attached hydrogen (secondary N) is 1. The van der Waals surface area contributed by atoms with Crippen molar-refractivity contribution in [2.24, 2.45) is 23.2 Å². The van der Waals surface area contributed by atoms with Gasteiger partial charge in [0, 0.05) is 19.1 Å². The van der Waals surface area contributed by atoms with Crippen molar-refractivity contribution >= 4 is 5.91 Å². The van der Waals surface area contributed by atoms with Crippen LogP contribution in [0.1, 0.15) is 47.0 Å². The first-order chi connectivity index (χ1) is 7.84. The Balaban J connectivity index is 2.46. The molecule has 17 heavy (non-hydrogen) atoms. The minimum atomic E-state index is 0.132. The summed E-state index contributed by atoms with van der Waals surface area (Å²) >= 11 is 0. The minimum absolute atomic E-state index is 0.132. The maximum atomic E-state index is 12.1. The van der Waals surface area contributed by atoms with E-state index >= 15 is 0 Å². The fourth-order valence-electron chi connectivity index (χ4n) is 3.03. The Hall–Kier alpha value is -0.570. The van der Waals surface area contributed by atoms with Crippen LogP contribution in [0.4, 0.5) is 0 Å². The van der Waals surface area contributed by atoms with Crippen molar-refractivity contribution in [2.75, 3.05) is 13.2 Å². The second-order valence-electron chi connectivity index (χ2n) is 6.64. The monoisotopic (exact) mass is 241 g/mol. The molecule has 1 rings (SSSR count). The molecule has 0 aromatic rings. The summed E-state index contributed by atoms with van der Waals surface area (Å²) in [6.45, 7) is 9.39. The Kier molecular flexibility index (Phi) is 4.99. The molecule has 0 aromatic carbocycles. The molecule has 1 fully saturated rings. The highest BCUT2D eigenvalue weighted by molar-refractivity contribution is 5.78. The average Bonchev–Trinajstić information content (AvgIpc) is 2.22. The highest BCUT2D eigenvalue weighted by atomic mass is 16.3. The molecule has 0 bridgehead atoms. The van der Waals surface area contributed by atoms with Gasteiger partial charge < -0.3 is 10.4 Å². The summed E-state index contributed by atoms with van der Waals surface area (Å²) < 4.78 is 0. The molecule has 3 nitrogen and oxygen atoms in total. The zero-order valence-electron chi connectivity index (χ0n) is 11.6. The lowest BCUT2D eigenvalue weighted by Gasteiger charge is -2.38. The Bertz CT molecular complexity index is 263. The molecule has 3 unspecified atom stereocenters. The van der Waals surface area contributed by atoms with E-state index in [9.17, 15) is 4.79 Å². The fourth-order valence-corrected chi connectivity index (χ4v) is 3.03. The van der Waals surface area contributed by atoms with E-state index in [-0.39, 0.29) is 29.8 Å². The summed E-state index contributed by atoms with van der Waals surface area (Å²) in [6, 6.07) is 0. The topological polar surface area (TPSA) is 49.3 Å². The molecule has 1 aliphatic rings. The molecule has 0 aliphatic heterocycles. The van der Waals surface area contributed by atoms with Crippen LogP contribution in [-0.2, 0) is 4.79 Å². The molecule has 1 amide bonds. The van der Waals surface area contributed by atoms with Gasteiger partial charge in [-0.1, -0.05) is 27.7 Å². The predicted octanol–water partition coefficient (Wildman–Crippen LogP) is 2.19. The van der Waals surface area contributed by atoms with Crippen LogP contribution in [0.5, 0.6) is 0 Å². The van der Waals surface area contributed by atoms with Crippen LogP contribution in [-0.4, -0.2) is 24.2 Å². The summed E-state index contributed by atoms with van der Waals surface area (Å²) in [4.78, 5) is 12.1. The largest absolute Gasteiger partial charge is 0.396 e. The second-order valence-corrected chi connectivity index (χ2v) is 6.64. The maximum absolute atomic E-state index is 12.1. The van der Waals surface area contributed by atoms with Crippen molar-refractivity contribution in [3.05, 3.63) is 0 Å². The van der Waals surface area contributed by atoms with Gasteiger partial charge in [-0.15, -0.1) is 0 Å². The first-order valence-corrected chi connectivity index (χ1v) is 6.72. The number of rotatable bonds is 4. The SMILES string of the molecule is CC(CO)CNC(=O)C1CC(C)CC(C)(C)C1. The molecular weight excluding hydrogens is 214 g/mol. The molecule has 0 heterocycles. The number of hydrogen-bond acceptors (Lipinski definition) is 2. The number of carbonyl (C=O) groups excluding carboxylic acids is 1. The number of amides is 1. The van der Waals surface area contributed by atoms with Gasteiger partial charge >= 0.3 is 0 Å². The van der Waals surface area contributed by atoms with Crippen molar-refractivity contribution in [1.29, 1.82) is 0 Å². The van der Waals surface area contributed by atoms with E-state index in [1.54, 1.807) is 0 Å². The number of hydrogen-bond donors (Lipinski definition) is 2. The summed E-state index contributed by atoms with van der Waals surface area (Å²) in [5.74, 6) is 1.10. The van der Waals surface area contributed by atoms with Gasteiger partial charge in [-0.3, -0.25) is 4.79 Å². The zero-order valence-corrected chi connectivity index (χ0v) is 11.6. The lowest BCUT2D eigenvalue weighted by molar-refractivity contribution is -0.128. The molecule has 1 saturated carbocycles. The van der Waals surface area contributed by atoms with Crippen LogP contribution in [0, 0.1) is 23.2 Å². The molecule has 0 aromatic heterocycles. The van der Waals surface area contributed by atoms with Crippen molar-refractivity contribution in [1.82, 2.24) is 5.32 Å². The van der Waals surface area contributed by atoms with Crippen LogP contribution in [0.25, 0.3) is 0 Å². The van der Waals surface area contributed by atoms with Gasteiger partial charge in [0.2, 0.25) is 5.91 Å². The third-order valence-electron chi connectivity index (χ3n) is 3.69. The van der Waals surface area contributed by atoms with Crippen molar-refractivity contribution in [3.8, 4) is 0 Å². The van der Waals surface area contributed by atoms with Crippen molar-refractivity contribution in [3.63, 3.8) is 0 Å². The molecule has 2 N–H and O–H groups in total. The van der Waals surface area contributed by atoms with Gasteiger partial charge in [-0.2, -0.15) is 0 Å². The van der Waals surface area contributed by atoms with E-state index < -0.39 is 0 Å². The van der Waals surface area contributed by atoms with Gasteiger partial charge in [-0.05, 0) is 36.5 Å². The molecule has 0 spiro atoms. The summed E-state index contributed by atoms with van der Waals surface area (Å²) in [6.07, 6.45) is 3.20. The van der Waals surface area contributed by atoms with Gasteiger partial charge in [0.05, 0.1) is 0 Å². The lowest BCUT2D eigenvalue weighted by atomic mass is 9.68. The summed E-state index contributed by atoms with van der Waals surface area (Å²) in [7, 11) is 0. The Labute approximate surface area is 105 Å². The second kappa shape index (κ2) is 5.85. The summed E-state index contributed by atoms with van der Waals surface area (Å²) in [5.41, 5.74) is 0.280. The standard InChI is InChI=1S/C14H27NO2/c1-10-5-12(7-14(3,4)6-10)13(17)15-8-11(2)9-16/h10-12,16H,5-9H2,1-4H3,(H,15,17). The van der Waals surface area contributed by atoms with Crippen LogP contribution >= 0.6 is 0 Å². The highest BCUT2D eigenvalue weighted by Gasteiger charge is 2.35. The van der Waals surface area contributed by atoms with Crippen molar-refractivity contribution < 1.29 is 9.90 Å². The van der Waals surface area contributed by atoms with Crippen LogP contribution in [0.15, 0.2) is 0 Å².